The maximum Gasteiger partial charge on any atom is 0.303 e. The lowest BCUT2D eigenvalue weighted by molar-refractivity contribution is -0.139. The van der Waals surface area contributed by atoms with Crippen LogP contribution in [0.3, 0.4) is 0 Å². The van der Waals surface area contributed by atoms with Crippen molar-refractivity contribution in [1.82, 2.24) is 0 Å². The summed E-state index contributed by atoms with van der Waals surface area (Å²) in [5.41, 5.74) is 0. The highest BCUT2D eigenvalue weighted by atomic mass is 16.5. The molecule has 2 atom stereocenters. The zero-order chi connectivity index (χ0) is 13.7. The van der Waals surface area contributed by atoms with Gasteiger partial charge in [0.05, 0.1) is 13.5 Å². The zero-order valence-electron chi connectivity index (χ0n) is 11.2. The van der Waals surface area contributed by atoms with Gasteiger partial charge in [0.25, 0.3) is 0 Å². The van der Waals surface area contributed by atoms with Crippen molar-refractivity contribution in [3.63, 3.8) is 0 Å². The van der Waals surface area contributed by atoms with Gasteiger partial charge in [-0.1, -0.05) is 12.5 Å². The predicted molar refractivity (Wildman–Crippen MR) is 71.6 cm³/mol. The Hall–Kier alpha value is -1.71. The van der Waals surface area contributed by atoms with Gasteiger partial charge >= 0.3 is 5.97 Å². The van der Waals surface area contributed by atoms with Gasteiger partial charge < -0.3 is 14.6 Å². The third-order valence-electron chi connectivity index (χ3n) is 3.60. The number of carboxylic acid groups (broad SMARTS) is 1. The van der Waals surface area contributed by atoms with E-state index in [1.54, 1.807) is 7.11 Å². The number of rotatable bonds is 5. The molecule has 0 spiro atoms. The molecule has 0 bridgehead atoms. The lowest BCUT2D eigenvalue weighted by atomic mass is 9.84. The second-order valence-electron chi connectivity index (χ2n) is 4.98. The van der Waals surface area contributed by atoms with Crippen LogP contribution in [0, 0.1) is 5.92 Å². The molecule has 0 aromatic heterocycles. The van der Waals surface area contributed by atoms with Gasteiger partial charge in [-0.15, -0.1) is 0 Å². The summed E-state index contributed by atoms with van der Waals surface area (Å²) in [5.74, 6) is 0.869. The Balaban J connectivity index is 2.03. The average Bonchev–Trinajstić information content (AvgIpc) is 2.41. The van der Waals surface area contributed by atoms with E-state index in [1.807, 2.05) is 24.3 Å². The largest absolute Gasteiger partial charge is 0.497 e. The quantitative estimate of drug-likeness (QED) is 0.887. The van der Waals surface area contributed by atoms with Crippen LogP contribution in [-0.4, -0.2) is 24.3 Å². The standard InChI is InChI=1S/C15H20O4/c1-18-12-6-4-7-13(10-12)19-14-8-3-2-5-11(14)9-15(16)17/h4,6-7,10-11,14H,2-3,5,8-9H2,1H3,(H,16,17). The summed E-state index contributed by atoms with van der Waals surface area (Å²) < 4.78 is 11.1. The first kappa shape index (κ1) is 13.7. The minimum atomic E-state index is -0.744. The molecule has 4 nitrogen and oxygen atoms in total. The van der Waals surface area contributed by atoms with E-state index in [9.17, 15) is 4.79 Å². The topological polar surface area (TPSA) is 55.8 Å². The van der Waals surface area contributed by atoms with Gasteiger partial charge in [-0.2, -0.15) is 0 Å². The molecule has 2 rings (SSSR count). The second-order valence-corrected chi connectivity index (χ2v) is 4.98. The molecule has 1 saturated carbocycles. The summed E-state index contributed by atoms with van der Waals surface area (Å²) in [5, 5.41) is 8.96. The average molecular weight is 264 g/mol. The lowest BCUT2D eigenvalue weighted by Gasteiger charge is -2.31. The molecule has 1 aromatic carbocycles. The smallest absolute Gasteiger partial charge is 0.303 e. The molecule has 0 saturated heterocycles. The Bertz CT molecular complexity index is 430. The van der Waals surface area contributed by atoms with Crippen molar-refractivity contribution in [3.05, 3.63) is 24.3 Å². The Morgan fingerprint density at radius 3 is 2.79 bits per heavy atom. The molecular formula is C15H20O4. The Morgan fingerprint density at radius 1 is 1.32 bits per heavy atom. The van der Waals surface area contributed by atoms with Gasteiger partial charge in [0.15, 0.2) is 0 Å². The van der Waals surface area contributed by atoms with Crippen LogP contribution < -0.4 is 9.47 Å². The fourth-order valence-electron chi connectivity index (χ4n) is 2.64. The second kappa shape index (κ2) is 6.45. The van der Waals surface area contributed by atoms with Crippen molar-refractivity contribution in [2.45, 2.75) is 38.2 Å². The van der Waals surface area contributed by atoms with Crippen LogP contribution in [0.5, 0.6) is 11.5 Å². The highest BCUT2D eigenvalue weighted by molar-refractivity contribution is 5.67. The van der Waals surface area contributed by atoms with E-state index >= 15 is 0 Å². The van der Waals surface area contributed by atoms with Crippen LogP contribution in [0.1, 0.15) is 32.1 Å². The van der Waals surface area contributed by atoms with Crippen LogP contribution in [0.2, 0.25) is 0 Å². The summed E-state index contributed by atoms with van der Waals surface area (Å²) >= 11 is 0. The van der Waals surface area contributed by atoms with Crippen LogP contribution in [0.15, 0.2) is 24.3 Å². The van der Waals surface area contributed by atoms with Gasteiger partial charge in [-0.25, -0.2) is 0 Å². The van der Waals surface area contributed by atoms with Crippen molar-refractivity contribution in [3.8, 4) is 11.5 Å². The Kier molecular flexibility index (Phi) is 4.66. The van der Waals surface area contributed by atoms with Crippen molar-refractivity contribution in [2.75, 3.05) is 7.11 Å². The molecule has 1 aromatic rings. The van der Waals surface area contributed by atoms with Crippen LogP contribution in [0.25, 0.3) is 0 Å². The number of hydrogen-bond donors (Lipinski definition) is 1. The van der Waals surface area contributed by atoms with Crippen LogP contribution >= 0.6 is 0 Å². The van der Waals surface area contributed by atoms with E-state index in [4.69, 9.17) is 14.6 Å². The summed E-state index contributed by atoms with van der Waals surface area (Å²) in [7, 11) is 1.62. The molecule has 19 heavy (non-hydrogen) atoms. The molecular weight excluding hydrogens is 244 g/mol. The van der Waals surface area contributed by atoms with Gasteiger partial charge in [-0.3, -0.25) is 4.79 Å². The first-order valence-electron chi connectivity index (χ1n) is 6.71. The molecule has 4 heteroatoms. The third-order valence-corrected chi connectivity index (χ3v) is 3.60. The Labute approximate surface area is 113 Å². The number of carbonyl (C=O) groups is 1. The molecule has 104 valence electrons. The van der Waals surface area contributed by atoms with Gasteiger partial charge in [0.2, 0.25) is 0 Å². The van der Waals surface area contributed by atoms with Crippen molar-refractivity contribution in [1.29, 1.82) is 0 Å². The van der Waals surface area contributed by atoms with E-state index in [1.165, 1.54) is 0 Å². The number of aliphatic carboxylic acids is 1. The fourth-order valence-corrected chi connectivity index (χ4v) is 2.64. The first-order chi connectivity index (χ1) is 9.19. The number of benzene rings is 1. The fraction of sp³-hybridized carbons (Fsp3) is 0.533. The molecule has 1 N–H and O–H groups in total. The zero-order valence-corrected chi connectivity index (χ0v) is 11.2. The van der Waals surface area contributed by atoms with Crippen LogP contribution in [-0.2, 0) is 4.79 Å². The summed E-state index contributed by atoms with van der Waals surface area (Å²) in [6.45, 7) is 0. The number of methoxy groups -OCH3 is 1. The molecule has 0 radical (unpaired) electrons. The highest BCUT2D eigenvalue weighted by Crippen LogP contribution is 2.31. The maximum absolute atomic E-state index is 10.9. The highest BCUT2D eigenvalue weighted by Gasteiger charge is 2.28. The summed E-state index contributed by atoms with van der Waals surface area (Å²) in [6.07, 6.45) is 4.24. The molecule has 0 aliphatic heterocycles. The van der Waals surface area contributed by atoms with Crippen molar-refractivity contribution < 1.29 is 19.4 Å². The van der Waals surface area contributed by atoms with E-state index in [0.717, 1.165) is 37.2 Å². The molecule has 0 amide bonds. The van der Waals surface area contributed by atoms with Crippen molar-refractivity contribution in [2.24, 2.45) is 5.92 Å². The predicted octanol–water partition coefficient (Wildman–Crippen LogP) is 3.11. The normalized spacial score (nSPS) is 22.8. The van der Waals surface area contributed by atoms with Gasteiger partial charge in [0.1, 0.15) is 17.6 Å². The van der Waals surface area contributed by atoms with Gasteiger partial charge in [-0.05, 0) is 31.4 Å². The minimum Gasteiger partial charge on any atom is -0.497 e. The number of hydrogen-bond acceptors (Lipinski definition) is 3. The first-order valence-corrected chi connectivity index (χ1v) is 6.71. The number of ether oxygens (including phenoxy) is 2. The monoisotopic (exact) mass is 264 g/mol. The van der Waals surface area contributed by atoms with E-state index in [2.05, 4.69) is 0 Å². The van der Waals surface area contributed by atoms with E-state index in [0.29, 0.717) is 0 Å². The van der Waals surface area contributed by atoms with E-state index < -0.39 is 5.97 Å². The third kappa shape index (κ3) is 3.88. The van der Waals surface area contributed by atoms with Gasteiger partial charge in [0, 0.05) is 12.0 Å². The maximum atomic E-state index is 10.9. The molecule has 1 aliphatic rings. The molecule has 2 unspecified atom stereocenters. The minimum absolute atomic E-state index is 0.00282. The summed E-state index contributed by atoms with van der Waals surface area (Å²) in [4.78, 5) is 10.9. The molecule has 1 aliphatic carbocycles. The van der Waals surface area contributed by atoms with E-state index in [-0.39, 0.29) is 18.4 Å². The number of carboxylic acids is 1. The SMILES string of the molecule is COc1cccc(OC2CCCCC2CC(=O)O)c1. The Morgan fingerprint density at radius 2 is 2.05 bits per heavy atom. The lowest BCUT2D eigenvalue weighted by Crippen LogP contribution is -2.32. The molecule has 1 fully saturated rings. The van der Waals surface area contributed by atoms with Crippen LogP contribution in [0.4, 0.5) is 0 Å². The molecule has 0 heterocycles. The summed E-state index contributed by atoms with van der Waals surface area (Å²) in [6, 6.07) is 7.47. The van der Waals surface area contributed by atoms with Crippen molar-refractivity contribution >= 4 is 5.97 Å².